The first-order valence-corrected chi connectivity index (χ1v) is 4.61. The van der Waals surface area contributed by atoms with E-state index in [1.807, 2.05) is 0 Å². The summed E-state index contributed by atoms with van der Waals surface area (Å²) < 4.78 is 0. The molecule has 0 bridgehead atoms. The van der Waals surface area contributed by atoms with Crippen molar-refractivity contribution in [2.45, 2.75) is 13.3 Å². The van der Waals surface area contributed by atoms with Crippen LogP contribution < -0.4 is 5.32 Å². The molecular formula is C10H11N3O3. The van der Waals surface area contributed by atoms with Crippen molar-refractivity contribution in [3.05, 3.63) is 17.5 Å². The monoisotopic (exact) mass is 221 g/mol. The third kappa shape index (κ3) is 3.46. The van der Waals surface area contributed by atoms with Crippen LogP contribution in [0.15, 0.2) is 6.20 Å². The van der Waals surface area contributed by atoms with Crippen LogP contribution >= 0.6 is 0 Å². The maximum atomic E-state index is 10.7. The molecule has 1 aromatic heterocycles. The standard InChI is InChI=1S/C10H11N3O3/c1-7(14)11-5-3-2-4-8-6-12-13-9(8)10(15)16/h6H,3,5H2,1H3,(H,11,14)(H,12,13)(H,15,16). The van der Waals surface area contributed by atoms with Crippen molar-refractivity contribution < 1.29 is 14.7 Å². The van der Waals surface area contributed by atoms with Gasteiger partial charge in [-0.2, -0.15) is 5.10 Å². The number of H-pyrrole nitrogens is 1. The number of amides is 1. The van der Waals surface area contributed by atoms with E-state index < -0.39 is 5.97 Å². The summed E-state index contributed by atoms with van der Waals surface area (Å²) >= 11 is 0. The largest absolute Gasteiger partial charge is 0.476 e. The quantitative estimate of drug-likeness (QED) is 0.494. The maximum Gasteiger partial charge on any atom is 0.355 e. The molecule has 0 aliphatic rings. The van der Waals surface area contributed by atoms with Gasteiger partial charge in [-0.1, -0.05) is 11.8 Å². The smallest absolute Gasteiger partial charge is 0.355 e. The van der Waals surface area contributed by atoms with Crippen molar-refractivity contribution in [2.75, 3.05) is 6.54 Å². The fourth-order valence-electron chi connectivity index (χ4n) is 1.00. The molecule has 0 saturated heterocycles. The molecule has 1 amide bonds. The summed E-state index contributed by atoms with van der Waals surface area (Å²) in [5, 5.41) is 17.3. The first-order chi connectivity index (χ1) is 7.61. The van der Waals surface area contributed by atoms with Crippen LogP contribution in [-0.4, -0.2) is 33.7 Å². The van der Waals surface area contributed by atoms with Gasteiger partial charge in [0.25, 0.3) is 0 Å². The van der Waals surface area contributed by atoms with Gasteiger partial charge in [-0.05, 0) is 0 Å². The lowest BCUT2D eigenvalue weighted by Crippen LogP contribution is -2.20. The van der Waals surface area contributed by atoms with Gasteiger partial charge in [-0.3, -0.25) is 9.89 Å². The molecule has 0 atom stereocenters. The Morgan fingerprint density at radius 2 is 2.38 bits per heavy atom. The second-order valence-corrected chi connectivity index (χ2v) is 3.00. The highest BCUT2D eigenvalue weighted by molar-refractivity contribution is 5.88. The van der Waals surface area contributed by atoms with Crippen molar-refractivity contribution in [1.82, 2.24) is 15.5 Å². The van der Waals surface area contributed by atoms with E-state index in [-0.39, 0.29) is 11.6 Å². The van der Waals surface area contributed by atoms with Gasteiger partial charge in [0.1, 0.15) is 0 Å². The summed E-state index contributed by atoms with van der Waals surface area (Å²) in [5.41, 5.74) is 0.322. The zero-order chi connectivity index (χ0) is 12.0. The van der Waals surface area contributed by atoms with Crippen LogP contribution in [0, 0.1) is 11.8 Å². The Bertz CT molecular complexity index is 453. The molecule has 84 valence electrons. The minimum atomic E-state index is -1.09. The van der Waals surface area contributed by atoms with Crippen LogP contribution in [0.5, 0.6) is 0 Å². The zero-order valence-electron chi connectivity index (χ0n) is 8.70. The minimum absolute atomic E-state index is 0.0213. The van der Waals surface area contributed by atoms with Gasteiger partial charge >= 0.3 is 5.97 Å². The van der Waals surface area contributed by atoms with Crippen LogP contribution in [-0.2, 0) is 4.79 Å². The molecular weight excluding hydrogens is 210 g/mol. The molecule has 1 rings (SSSR count). The summed E-state index contributed by atoms with van der Waals surface area (Å²) in [6, 6.07) is 0. The Morgan fingerprint density at radius 1 is 1.62 bits per heavy atom. The van der Waals surface area contributed by atoms with Crippen molar-refractivity contribution in [3.63, 3.8) is 0 Å². The second kappa shape index (κ2) is 5.56. The van der Waals surface area contributed by atoms with E-state index in [4.69, 9.17) is 5.11 Å². The van der Waals surface area contributed by atoms with Gasteiger partial charge in [0, 0.05) is 19.9 Å². The van der Waals surface area contributed by atoms with Crippen LogP contribution in [0.4, 0.5) is 0 Å². The third-order valence-corrected chi connectivity index (χ3v) is 1.70. The molecule has 16 heavy (non-hydrogen) atoms. The lowest BCUT2D eigenvalue weighted by molar-refractivity contribution is -0.118. The first kappa shape index (κ1) is 11.8. The van der Waals surface area contributed by atoms with Crippen LogP contribution in [0.25, 0.3) is 0 Å². The topological polar surface area (TPSA) is 95.1 Å². The number of carbonyl (C=O) groups is 2. The Balaban J connectivity index is 2.53. The molecule has 6 nitrogen and oxygen atoms in total. The molecule has 1 heterocycles. The number of carboxylic acid groups (broad SMARTS) is 1. The van der Waals surface area contributed by atoms with Gasteiger partial charge in [-0.25, -0.2) is 4.79 Å². The van der Waals surface area contributed by atoms with E-state index >= 15 is 0 Å². The number of carboxylic acids is 1. The minimum Gasteiger partial charge on any atom is -0.476 e. The number of hydrogen-bond donors (Lipinski definition) is 3. The average Bonchev–Trinajstić information content (AvgIpc) is 2.65. The first-order valence-electron chi connectivity index (χ1n) is 4.61. The molecule has 0 aromatic carbocycles. The van der Waals surface area contributed by atoms with Gasteiger partial charge in [0.2, 0.25) is 5.91 Å². The van der Waals surface area contributed by atoms with Crippen molar-refractivity contribution >= 4 is 11.9 Å². The van der Waals surface area contributed by atoms with E-state index in [1.165, 1.54) is 13.1 Å². The molecule has 0 aliphatic heterocycles. The number of nitrogens with zero attached hydrogens (tertiary/aromatic N) is 1. The van der Waals surface area contributed by atoms with Gasteiger partial charge in [0.15, 0.2) is 5.69 Å². The molecule has 0 radical (unpaired) electrons. The number of nitrogens with one attached hydrogen (secondary N) is 2. The third-order valence-electron chi connectivity index (χ3n) is 1.70. The Morgan fingerprint density at radius 3 is 3.00 bits per heavy atom. The molecule has 6 heteroatoms. The van der Waals surface area contributed by atoms with E-state index in [9.17, 15) is 9.59 Å². The van der Waals surface area contributed by atoms with Crippen LogP contribution in [0.3, 0.4) is 0 Å². The van der Waals surface area contributed by atoms with E-state index in [0.717, 1.165) is 0 Å². The summed E-state index contributed by atoms with van der Waals surface area (Å²) in [7, 11) is 0. The van der Waals surface area contributed by atoms with Gasteiger partial charge in [0.05, 0.1) is 11.8 Å². The fourth-order valence-corrected chi connectivity index (χ4v) is 1.00. The predicted octanol–water partition coefficient (Wildman–Crippen LogP) is -0.0144. The number of aromatic nitrogens is 2. The Labute approximate surface area is 92.0 Å². The van der Waals surface area contributed by atoms with Crippen molar-refractivity contribution in [2.24, 2.45) is 0 Å². The highest BCUT2D eigenvalue weighted by atomic mass is 16.4. The normalized spacial score (nSPS) is 9.06. The molecule has 3 N–H and O–H groups in total. The predicted molar refractivity (Wildman–Crippen MR) is 55.7 cm³/mol. The SMILES string of the molecule is CC(=O)NCCC#Cc1cn[nH]c1C(=O)O. The molecule has 0 fully saturated rings. The van der Waals surface area contributed by atoms with Crippen molar-refractivity contribution in [1.29, 1.82) is 0 Å². The lowest BCUT2D eigenvalue weighted by Gasteiger charge is -1.94. The lowest BCUT2D eigenvalue weighted by atomic mass is 10.2. The van der Waals surface area contributed by atoms with Gasteiger partial charge in [-0.15, -0.1) is 0 Å². The number of carbonyl (C=O) groups excluding carboxylic acids is 1. The van der Waals surface area contributed by atoms with E-state index in [0.29, 0.717) is 18.5 Å². The summed E-state index contributed by atoms with van der Waals surface area (Å²) in [4.78, 5) is 21.2. The number of hydrogen-bond acceptors (Lipinski definition) is 3. The fraction of sp³-hybridized carbons (Fsp3) is 0.300. The number of rotatable bonds is 3. The zero-order valence-corrected chi connectivity index (χ0v) is 8.70. The summed E-state index contributed by atoms with van der Waals surface area (Å²) in [6.45, 7) is 1.87. The Hall–Kier alpha value is -2.29. The Kier molecular flexibility index (Phi) is 4.09. The number of aromatic carboxylic acids is 1. The average molecular weight is 221 g/mol. The van der Waals surface area contributed by atoms with Crippen LogP contribution in [0.2, 0.25) is 0 Å². The van der Waals surface area contributed by atoms with Crippen molar-refractivity contribution in [3.8, 4) is 11.8 Å². The highest BCUT2D eigenvalue weighted by Crippen LogP contribution is 2.01. The van der Waals surface area contributed by atoms with Crippen LogP contribution in [0.1, 0.15) is 29.4 Å². The highest BCUT2D eigenvalue weighted by Gasteiger charge is 2.09. The summed E-state index contributed by atoms with van der Waals surface area (Å²) in [5.74, 6) is 4.21. The molecule has 0 aliphatic carbocycles. The molecule has 0 saturated carbocycles. The second-order valence-electron chi connectivity index (χ2n) is 3.00. The molecule has 1 aromatic rings. The van der Waals surface area contributed by atoms with Gasteiger partial charge < -0.3 is 10.4 Å². The van der Waals surface area contributed by atoms with E-state index in [1.54, 1.807) is 0 Å². The molecule has 0 unspecified atom stereocenters. The molecule has 0 spiro atoms. The number of aromatic amines is 1. The summed E-state index contributed by atoms with van der Waals surface area (Å²) in [6.07, 6.45) is 1.82. The van der Waals surface area contributed by atoms with E-state index in [2.05, 4.69) is 27.4 Å². The maximum absolute atomic E-state index is 10.7.